The van der Waals surface area contributed by atoms with Gasteiger partial charge in [-0.25, -0.2) is 8.42 Å². The van der Waals surface area contributed by atoms with E-state index in [2.05, 4.69) is 4.18 Å². The Hall–Kier alpha value is 0.0800. The minimum absolute atomic E-state index is 0. The summed E-state index contributed by atoms with van der Waals surface area (Å²) in [5.41, 5.74) is 0. The second kappa shape index (κ2) is 8.08. The predicted octanol–water partition coefficient (Wildman–Crippen LogP) is -3.15. The van der Waals surface area contributed by atoms with E-state index in [1.165, 1.54) is 0 Å². The summed E-state index contributed by atoms with van der Waals surface area (Å²) in [5.74, 6) is 0. The summed E-state index contributed by atoms with van der Waals surface area (Å²) in [5, 5.41) is 0. The lowest BCUT2D eigenvalue weighted by Crippen LogP contribution is -3.00. The number of quaternary nitrogens is 2. The molecule has 0 aliphatic carbocycles. The first kappa shape index (κ1) is 23.0. The van der Waals surface area contributed by atoms with Crippen molar-refractivity contribution in [1.29, 1.82) is 0 Å². The Bertz CT molecular complexity index is 121. The van der Waals surface area contributed by atoms with Crippen LogP contribution in [-0.2, 0) is 14.6 Å². The van der Waals surface area contributed by atoms with Crippen LogP contribution in [0.2, 0.25) is 0 Å². The number of halogens is 1. The van der Waals surface area contributed by atoms with Gasteiger partial charge in [-0.05, 0) is 0 Å². The van der Waals surface area contributed by atoms with Gasteiger partial charge in [-0.15, -0.1) is 0 Å². The Labute approximate surface area is 60.1 Å². The van der Waals surface area contributed by atoms with Gasteiger partial charge >= 0.3 is 0 Å². The van der Waals surface area contributed by atoms with Gasteiger partial charge in [0.25, 0.3) is 0 Å². The van der Waals surface area contributed by atoms with E-state index in [9.17, 15) is 13.0 Å². The summed E-state index contributed by atoms with van der Waals surface area (Å²) in [7, 11) is -3.60. The lowest BCUT2D eigenvalue weighted by Gasteiger charge is -1.98. The summed E-state index contributed by atoms with van der Waals surface area (Å²) in [6, 6.07) is 0. The largest absolute Gasteiger partial charge is 1.00 e. The van der Waals surface area contributed by atoms with E-state index in [0.29, 0.717) is 0 Å². The Morgan fingerprint density at radius 2 is 1.44 bits per heavy atom. The van der Waals surface area contributed by atoms with Crippen molar-refractivity contribution >= 4 is 10.4 Å². The molecule has 8 N–H and O–H groups in total. The van der Waals surface area contributed by atoms with Gasteiger partial charge in [0, 0.05) is 0 Å². The molecule has 0 atom stereocenters. The van der Waals surface area contributed by atoms with E-state index in [4.69, 9.17) is 0 Å². The molecule has 0 aromatic carbocycles. The van der Waals surface area contributed by atoms with Gasteiger partial charge in [-0.1, -0.05) is 0 Å². The molecule has 0 aliphatic heterocycles. The molecule has 0 aliphatic rings. The molecule has 0 aromatic rings. The molecule has 0 aromatic heterocycles. The van der Waals surface area contributed by atoms with Crippen LogP contribution < -0.4 is 24.7 Å². The molecule has 0 amide bonds. The van der Waals surface area contributed by atoms with Crippen molar-refractivity contribution in [3.8, 4) is 0 Å². The fourth-order valence-corrected chi connectivity index (χ4v) is 0. The molecule has 0 fully saturated rings. The fraction of sp³-hybridized carbons (Fsp3) is 1.00. The van der Waals surface area contributed by atoms with Gasteiger partial charge in [0.15, 0.2) is 0 Å². The summed E-state index contributed by atoms with van der Waals surface area (Å²) < 4.78 is 31.0. The smallest absolute Gasteiger partial charge is 0.217 e. The van der Waals surface area contributed by atoms with Crippen molar-refractivity contribution in [2.24, 2.45) is 0 Å². The van der Waals surface area contributed by atoms with Gasteiger partial charge in [0.1, 0.15) is 0 Å². The van der Waals surface area contributed by atoms with Crippen LogP contribution >= 0.6 is 0 Å². The van der Waals surface area contributed by atoms with Gasteiger partial charge < -0.3 is 29.3 Å². The molecule has 8 heteroatoms. The molecular formula is CH11ClN2O4S. The van der Waals surface area contributed by atoms with Crippen molar-refractivity contribution in [3.05, 3.63) is 0 Å². The third-order valence-corrected chi connectivity index (χ3v) is 0.612. The van der Waals surface area contributed by atoms with Crippen LogP contribution in [0.15, 0.2) is 0 Å². The highest BCUT2D eigenvalue weighted by atomic mass is 35.5. The first-order chi connectivity index (χ1) is 2.56. The molecule has 0 spiro atoms. The van der Waals surface area contributed by atoms with Crippen molar-refractivity contribution in [2.75, 3.05) is 7.11 Å². The van der Waals surface area contributed by atoms with Crippen LogP contribution in [0.1, 0.15) is 0 Å². The van der Waals surface area contributed by atoms with Crippen molar-refractivity contribution in [1.82, 2.24) is 12.3 Å². The second-order valence-electron chi connectivity index (χ2n) is 0.575. The SMILES string of the molecule is COS(=O)(=O)[O-].[Cl-].[NH4+].[NH4+]. The predicted molar refractivity (Wildman–Crippen MR) is 28.7 cm³/mol. The summed E-state index contributed by atoms with van der Waals surface area (Å²) >= 11 is 0. The quantitative estimate of drug-likeness (QED) is 0.326. The molecule has 0 saturated carbocycles. The second-order valence-corrected chi connectivity index (χ2v) is 1.72. The minimum atomic E-state index is -4.41. The Balaban J connectivity index is -0.0000000417. The van der Waals surface area contributed by atoms with Crippen molar-refractivity contribution in [2.45, 2.75) is 0 Å². The van der Waals surface area contributed by atoms with E-state index >= 15 is 0 Å². The van der Waals surface area contributed by atoms with Crippen LogP contribution in [0.3, 0.4) is 0 Å². The molecule has 0 rings (SSSR count). The molecule has 0 heterocycles. The van der Waals surface area contributed by atoms with Crippen molar-refractivity contribution < 1.29 is 29.6 Å². The minimum Gasteiger partial charge on any atom is -1.00 e. The zero-order valence-corrected chi connectivity index (χ0v) is 6.99. The van der Waals surface area contributed by atoms with E-state index in [0.717, 1.165) is 7.11 Å². The first-order valence-electron chi connectivity index (χ1n) is 1.07. The average Bonchev–Trinajstić information content (AvgIpc) is 1.35. The van der Waals surface area contributed by atoms with E-state index in [1.54, 1.807) is 0 Å². The maximum absolute atomic E-state index is 9.22. The normalized spacial score (nSPS) is 7.78. The van der Waals surface area contributed by atoms with Gasteiger partial charge in [0.05, 0.1) is 7.11 Å². The van der Waals surface area contributed by atoms with E-state index in [1.807, 2.05) is 0 Å². The zero-order chi connectivity index (χ0) is 5.21. The molecule has 0 saturated heterocycles. The molecule has 0 radical (unpaired) electrons. The fourth-order valence-electron chi connectivity index (χ4n) is 0. The summed E-state index contributed by atoms with van der Waals surface area (Å²) in [6.07, 6.45) is 0. The highest BCUT2D eigenvalue weighted by Crippen LogP contribution is 1.74. The zero-order valence-electron chi connectivity index (χ0n) is 5.42. The highest BCUT2D eigenvalue weighted by molar-refractivity contribution is 7.80. The molecule has 9 heavy (non-hydrogen) atoms. The van der Waals surface area contributed by atoms with Crippen molar-refractivity contribution in [3.63, 3.8) is 0 Å². The van der Waals surface area contributed by atoms with Crippen LogP contribution in [0.5, 0.6) is 0 Å². The summed E-state index contributed by atoms with van der Waals surface area (Å²) in [4.78, 5) is 0. The van der Waals surface area contributed by atoms with Crippen LogP contribution in [0.25, 0.3) is 0 Å². The lowest BCUT2D eigenvalue weighted by atomic mass is 11.8. The molecule has 0 unspecified atom stereocenters. The molecule has 6 nitrogen and oxygen atoms in total. The molecular weight excluding hydrogens is 172 g/mol. The number of hydrogen-bond acceptors (Lipinski definition) is 4. The third-order valence-electron chi connectivity index (χ3n) is 0.204. The number of hydrogen-bond donors (Lipinski definition) is 2. The van der Waals surface area contributed by atoms with Gasteiger partial charge in [0.2, 0.25) is 10.4 Å². The van der Waals surface area contributed by atoms with Crippen LogP contribution in [0, 0.1) is 0 Å². The Morgan fingerprint density at radius 3 is 1.44 bits per heavy atom. The Kier molecular flexibility index (Phi) is 20.6. The number of rotatable bonds is 1. The van der Waals surface area contributed by atoms with Crippen LogP contribution in [-0.4, -0.2) is 20.1 Å². The molecule has 62 valence electrons. The third kappa shape index (κ3) is 31.5. The van der Waals surface area contributed by atoms with Crippen LogP contribution in [0.4, 0.5) is 0 Å². The monoisotopic (exact) mass is 182 g/mol. The van der Waals surface area contributed by atoms with Gasteiger partial charge in [-0.2, -0.15) is 0 Å². The van der Waals surface area contributed by atoms with E-state index in [-0.39, 0.29) is 24.7 Å². The topological polar surface area (TPSA) is 139 Å². The average molecular weight is 183 g/mol. The highest BCUT2D eigenvalue weighted by Gasteiger charge is 1.79. The lowest BCUT2D eigenvalue weighted by molar-refractivity contribution is -0.00000828. The standard InChI is InChI=1S/CH4O4S.ClH.2H3N/c1-5-6(2,3)4;;;/h1H3,(H,2,3,4);1H;2*1H3. The molecule has 0 bridgehead atoms. The van der Waals surface area contributed by atoms with Gasteiger partial charge in [-0.3, -0.25) is 4.18 Å². The first-order valence-corrected chi connectivity index (χ1v) is 2.41. The summed E-state index contributed by atoms with van der Waals surface area (Å²) in [6.45, 7) is 0. The Morgan fingerprint density at radius 1 is 1.33 bits per heavy atom. The maximum atomic E-state index is 9.22. The van der Waals surface area contributed by atoms with E-state index < -0.39 is 10.4 Å². The maximum Gasteiger partial charge on any atom is 0.217 e.